The first-order valence-corrected chi connectivity index (χ1v) is 5.17. The molecule has 0 bridgehead atoms. The molecule has 0 fully saturated rings. The minimum absolute atomic E-state index is 0.583. The van der Waals surface area contributed by atoms with Crippen LogP contribution in [0.3, 0.4) is 0 Å². The maximum absolute atomic E-state index is 10.4. The normalized spacial score (nSPS) is 10.2. The van der Waals surface area contributed by atoms with Crippen molar-refractivity contribution in [2.75, 3.05) is 0 Å². The van der Waals surface area contributed by atoms with Crippen LogP contribution in [0.1, 0.15) is 10.4 Å². The van der Waals surface area contributed by atoms with Crippen LogP contribution in [0.2, 0.25) is 0 Å². The molecule has 2 rings (SSSR count). The lowest BCUT2D eigenvalue weighted by molar-refractivity contribution is 0.112. The van der Waals surface area contributed by atoms with Gasteiger partial charge >= 0.3 is 0 Å². The SMILES string of the molecule is Cn1ccnc1Sc1ccc(C=O)cn1. The molecule has 0 aliphatic carbocycles. The van der Waals surface area contributed by atoms with Gasteiger partial charge in [-0.1, -0.05) is 0 Å². The number of carbonyl (C=O) groups is 1. The third-order valence-corrected chi connectivity index (χ3v) is 2.89. The van der Waals surface area contributed by atoms with E-state index >= 15 is 0 Å². The standard InChI is InChI=1S/C10H9N3OS/c1-13-5-4-11-10(13)15-9-3-2-8(7-14)6-12-9/h2-7H,1H3. The van der Waals surface area contributed by atoms with Gasteiger partial charge in [-0.15, -0.1) is 0 Å². The van der Waals surface area contributed by atoms with Crippen LogP contribution in [0.15, 0.2) is 40.9 Å². The highest BCUT2D eigenvalue weighted by Crippen LogP contribution is 2.23. The molecule has 0 radical (unpaired) electrons. The second-order valence-electron chi connectivity index (χ2n) is 2.97. The average molecular weight is 219 g/mol. The molecule has 5 heteroatoms. The van der Waals surface area contributed by atoms with Crippen LogP contribution in [0.25, 0.3) is 0 Å². The molecule has 2 heterocycles. The number of hydrogen-bond acceptors (Lipinski definition) is 4. The third-order valence-electron chi connectivity index (χ3n) is 1.87. The van der Waals surface area contributed by atoms with Gasteiger partial charge < -0.3 is 4.57 Å². The van der Waals surface area contributed by atoms with E-state index < -0.39 is 0 Å². The Morgan fingerprint density at radius 2 is 2.27 bits per heavy atom. The molecule has 0 atom stereocenters. The minimum atomic E-state index is 0.583. The van der Waals surface area contributed by atoms with Gasteiger partial charge in [0.2, 0.25) is 0 Å². The zero-order valence-electron chi connectivity index (χ0n) is 8.12. The Hall–Kier alpha value is -1.62. The number of pyridine rings is 1. The molecule has 2 aromatic heterocycles. The molecule has 76 valence electrons. The molecule has 0 amide bonds. The highest BCUT2D eigenvalue weighted by Gasteiger charge is 2.03. The molecule has 0 saturated heterocycles. The predicted molar refractivity (Wildman–Crippen MR) is 57.0 cm³/mol. The van der Waals surface area contributed by atoms with Crippen molar-refractivity contribution in [1.82, 2.24) is 14.5 Å². The average Bonchev–Trinajstić information content (AvgIpc) is 2.66. The smallest absolute Gasteiger partial charge is 0.174 e. The summed E-state index contributed by atoms with van der Waals surface area (Å²) in [5.41, 5.74) is 0.583. The van der Waals surface area contributed by atoms with Crippen LogP contribution in [-0.2, 0) is 7.05 Å². The first-order chi connectivity index (χ1) is 7.29. The van der Waals surface area contributed by atoms with Crippen molar-refractivity contribution in [2.45, 2.75) is 10.2 Å². The lowest BCUT2D eigenvalue weighted by atomic mass is 10.3. The van der Waals surface area contributed by atoms with Gasteiger partial charge in [0, 0.05) is 31.2 Å². The van der Waals surface area contributed by atoms with E-state index in [1.54, 1.807) is 18.5 Å². The Bertz CT molecular complexity index is 464. The number of aryl methyl sites for hydroxylation is 1. The Morgan fingerprint density at radius 3 is 2.80 bits per heavy atom. The number of aldehydes is 1. The number of carbonyl (C=O) groups excluding carboxylic acids is 1. The Morgan fingerprint density at radius 1 is 1.40 bits per heavy atom. The monoisotopic (exact) mass is 219 g/mol. The summed E-state index contributed by atoms with van der Waals surface area (Å²) in [6, 6.07) is 3.55. The minimum Gasteiger partial charge on any atom is -0.329 e. The van der Waals surface area contributed by atoms with Crippen molar-refractivity contribution < 1.29 is 4.79 Å². The van der Waals surface area contributed by atoms with Crippen LogP contribution in [0.5, 0.6) is 0 Å². The van der Waals surface area contributed by atoms with Crippen molar-refractivity contribution in [1.29, 1.82) is 0 Å². The Labute approximate surface area is 91.4 Å². The van der Waals surface area contributed by atoms with E-state index in [0.717, 1.165) is 16.5 Å². The van der Waals surface area contributed by atoms with Gasteiger partial charge in [-0.25, -0.2) is 9.97 Å². The van der Waals surface area contributed by atoms with E-state index in [1.165, 1.54) is 11.8 Å². The van der Waals surface area contributed by atoms with E-state index in [0.29, 0.717) is 5.56 Å². The van der Waals surface area contributed by atoms with Gasteiger partial charge in [-0.2, -0.15) is 0 Å². The zero-order valence-corrected chi connectivity index (χ0v) is 8.94. The third kappa shape index (κ3) is 2.24. The Balaban J connectivity index is 2.18. The quantitative estimate of drug-likeness (QED) is 0.738. The highest BCUT2D eigenvalue weighted by atomic mass is 32.2. The van der Waals surface area contributed by atoms with Gasteiger partial charge in [0.05, 0.1) is 0 Å². The zero-order chi connectivity index (χ0) is 10.7. The second-order valence-corrected chi connectivity index (χ2v) is 3.96. The van der Waals surface area contributed by atoms with E-state index in [9.17, 15) is 4.79 Å². The number of hydrogen-bond donors (Lipinski definition) is 0. The number of nitrogens with zero attached hydrogens (tertiary/aromatic N) is 3. The fraction of sp³-hybridized carbons (Fsp3) is 0.100. The summed E-state index contributed by atoms with van der Waals surface area (Å²) in [6.45, 7) is 0. The fourth-order valence-corrected chi connectivity index (χ4v) is 1.81. The van der Waals surface area contributed by atoms with Crippen LogP contribution in [0, 0.1) is 0 Å². The van der Waals surface area contributed by atoms with Crippen molar-refractivity contribution in [3.05, 3.63) is 36.3 Å². The molecule has 0 aromatic carbocycles. The van der Waals surface area contributed by atoms with E-state index in [1.807, 2.05) is 23.9 Å². The van der Waals surface area contributed by atoms with Crippen molar-refractivity contribution in [3.63, 3.8) is 0 Å². The van der Waals surface area contributed by atoms with E-state index in [4.69, 9.17) is 0 Å². The summed E-state index contributed by atoms with van der Waals surface area (Å²) in [6.07, 6.45) is 5.95. The maximum Gasteiger partial charge on any atom is 0.174 e. The molecule has 0 saturated carbocycles. The van der Waals surface area contributed by atoms with Crippen LogP contribution < -0.4 is 0 Å². The lowest BCUT2D eigenvalue weighted by Gasteiger charge is -2.00. The van der Waals surface area contributed by atoms with Crippen LogP contribution in [0.4, 0.5) is 0 Å². The highest BCUT2D eigenvalue weighted by molar-refractivity contribution is 7.99. The van der Waals surface area contributed by atoms with Gasteiger partial charge in [0.1, 0.15) is 5.03 Å². The number of aromatic nitrogens is 3. The molecule has 2 aromatic rings. The maximum atomic E-state index is 10.4. The summed E-state index contributed by atoms with van der Waals surface area (Å²) < 4.78 is 1.92. The van der Waals surface area contributed by atoms with E-state index in [-0.39, 0.29) is 0 Å². The van der Waals surface area contributed by atoms with Crippen LogP contribution in [-0.4, -0.2) is 20.8 Å². The van der Waals surface area contributed by atoms with Crippen molar-refractivity contribution in [2.24, 2.45) is 7.05 Å². The molecule has 0 aliphatic rings. The topological polar surface area (TPSA) is 47.8 Å². The largest absolute Gasteiger partial charge is 0.329 e. The number of rotatable bonds is 3. The van der Waals surface area contributed by atoms with Gasteiger partial charge in [0.25, 0.3) is 0 Å². The summed E-state index contributed by atoms with van der Waals surface area (Å²) in [4.78, 5) is 18.7. The summed E-state index contributed by atoms with van der Waals surface area (Å²) in [5, 5.41) is 1.70. The first-order valence-electron chi connectivity index (χ1n) is 4.36. The summed E-state index contributed by atoms with van der Waals surface area (Å²) in [7, 11) is 1.93. The van der Waals surface area contributed by atoms with E-state index in [2.05, 4.69) is 9.97 Å². The molecule has 0 unspecified atom stereocenters. The lowest BCUT2D eigenvalue weighted by Crippen LogP contribution is -1.90. The number of imidazole rings is 1. The van der Waals surface area contributed by atoms with Crippen LogP contribution >= 0.6 is 11.8 Å². The molecule has 0 aliphatic heterocycles. The second kappa shape index (κ2) is 4.27. The Kier molecular flexibility index (Phi) is 2.82. The molecule has 0 N–H and O–H groups in total. The fourth-order valence-electron chi connectivity index (χ4n) is 1.07. The predicted octanol–water partition coefficient (Wildman–Crippen LogP) is 1.78. The van der Waals surface area contributed by atoms with Gasteiger partial charge in [-0.05, 0) is 23.9 Å². The molecule has 0 spiro atoms. The summed E-state index contributed by atoms with van der Waals surface area (Å²) >= 11 is 1.46. The first kappa shape index (κ1) is 9.92. The van der Waals surface area contributed by atoms with Gasteiger partial charge in [0.15, 0.2) is 11.4 Å². The molecule has 15 heavy (non-hydrogen) atoms. The molecule has 4 nitrogen and oxygen atoms in total. The molecular weight excluding hydrogens is 210 g/mol. The summed E-state index contributed by atoms with van der Waals surface area (Å²) in [5.74, 6) is 0. The van der Waals surface area contributed by atoms with Crippen molar-refractivity contribution >= 4 is 18.0 Å². The van der Waals surface area contributed by atoms with Crippen molar-refractivity contribution in [3.8, 4) is 0 Å². The van der Waals surface area contributed by atoms with Gasteiger partial charge in [-0.3, -0.25) is 4.79 Å². The molecular formula is C10H9N3OS.